The van der Waals surface area contributed by atoms with Gasteiger partial charge in [0.05, 0.1) is 11.3 Å². The first-order valence-electron chi connectivity index (χ1n) is 10.6. The summed E-state index contributed by atoms with van der Waals surface area (Å²) < 4.78 is 0. The topological polar surface area (TPSA) is 49.4 Å². The number of aryl methyl sites for hydroxylation is 2. The number of hydrogen-bond donors (Lipinski definition) is 1. The van der Waals surface area contributed by atoms with Crippen molar-refractivity contribution in [1.82, 2.24) is 0 Å². The molecule has 1 aliphatic rings. The van der Waals surface area contributed by atoms with Gasteiger partial charge in [0.25, 0.3) is 11.8 Å². The number of amides is 2. The third kappa shape index (κ3) is 3.69. The van der Waals surface area contributed by atoms with Crippen LogP contribution < -0.4 is 10.2 Å². The first kappa shape index (κ1) is 21.0. The van der Waals surface area contributed by atoms with E-state index in [0.29, 0.717) is 21.8 Å². The molecule has 0 aliphatic carbocycles. The molecule has 4 nitrogen and oxygen atoms in total. The third-order valence-corrected chi connectivity index (χ3v) is 6.11. The molecule has 0 saturated heterocycles. The Bertz CT molecular complexity index is 1450. The maximum absolute atomic E-state index is 13.7. The van der Waals surface area contributed by atoms with E-state index in [2.05, 4.69) is 5.32 Å². The summed E-state index contributed by atoms with van der Waals surface area (Å²) in [4.78, 5) is 28.6. The number of nitrogens with one attached hydrogen (secondary N) is 1. The second-order valence-electron chi connectivity index (χ2n) is 8.14. The van der Waals surface area contributed by atoms with Crippen molar-refractivity contribution >= 4 is 51.1 Å². The van der Waals surface area contributed by atoms with Gasteiger partial charge < -0.3 is 5.32 Å². The summed E-state index contributed by atoms with van der Waals surface area (Å²) in [5.74, 6) is -0.748. The lowest BCUT2D eigenvalue weighted by Gasteiger charge is -2.18. The van der Waals surface area contributed by atoms with Crippen LogP contribution in [0.3, 0.4) is 0 Å². The normalized spacial score (nSPS) is 13.8. The van der Waals surface area contributed by atoms with Gasteiger partial charge in [-0.15, -0.1) is 0 Å². The minimum atomic E-state index is -0.384. The Balaban J connectivity index is 1.67. The smallest absolute Gasteiger partial charge is 0.282 e. The van der Waals surface area contributed by atoms with Crippen LogP contribution in [-0.4, -0.2) is 11.8 Å². The first-order chi connectivity index (χ1) is 15.9. The van der Waals surface area contributed by atoms with E-state index in [1.54, 1.807) is 24.3 Å². The first-order valence-corrected chi connectivity index (χ1v) is 11.0. The van der Waals surface area contributed by atoms with Gasteiger partial charge in [-0.25, -0.2) is 4.90 Å². The molecular formula is C28H21ClN2O2. The summed E-state index contributed by atoms with van der Waals surface area (Å²) in [6.45, 7) is 3.89. The highest BCUT2D eigenvalue weighted by atomic mass is 35.5. The van der Waals surface area contributed by atoms with Crippen LogP contribution in [0.5, 0.6) is 0 Å². The van der Waals surface area contributed by atoms with E-state index in [9.17, 15) is 9.59 Å². The molecule has 0 fully saturated rings. The lowest BCUT2D eigenvalue weighted by molar-refractivity contribution is -0.120. The fourth-order valence-electron chi connectivity index (χ4n) is 4.27. The number of carbonyl (C=O) groups excluding carboxylic acids is 2. The Hall–Kier alpha value is -3.89. The van der Waals surface area contributed by atoms with Crippen LogP contribution in [-0.2, 0) is 9.59 Å². The number of imide groups is 1. The molecule has 5 heteroatoms. The van der Waals surface area contributed by atoms with E-state index in [0.717, 1.165) is 27.6 Å². The SMILES string of the molecule is Cc1ccc(N2C(=O)C(Nc3cccc4ccccc34)=C(c3ccc(Cl)cc3)C2=O)c(C)c1. The summed E-state index contributed by atoms with van der Waals surface area (Å²) >= 11 is 6.08. The van der Waals surface area contributed by atoms with Crippen molar-refractivity contribution in [3.8, 4) is 0 Å². The number of anilines is 2. The van der Waals surface area contributed by atoms with Crippen molar-refractivity contribution in [2.24, 2.45) is 0 Å². The zero-order valence-electron chi connectivity index (χ0n) is 18.2. The lowest BCUT2D eigenvalue weighted by Crippen LogP contribution is -2.33. The quantitative estimate of drug-likeness (QED) is 0.359. The highest BCUT2D eigenvalue weighted by Crippen LogP contribution is 2.36. The van der Waals surface area contributed by atoms with Gasteiger partial charge in [-0.3, -0.25) is 9.59 Å². The number of halogens is 1. The Morgan fingerprint density at radius 2 is 1.52 bits per heavy atom. The summed E-state index contributed by atoms with van der Waals surface area (Å²) in [5, 5.41) is 5.86. The van der Waals surface area contributed by atoms with Crippen LogP contribution in [0.25, 0.3) is 16.3 Å². The molecule has 33 heavy (non-hydrogen) atoms. The summed E-state index contributed by atoms with van der Waals surface area (Å²) in [7, 11) is 0. The minimum absolute atomic E-state index is 0.249. The fourth-order valence-corrected chi connectivity index (χ4v) is 4.40. The van der Waals surface area contributed by atoms with E-state index in [-0.39, 0.29) is 17.5 Å². The lowest BCUT2D eigenvalue weighted by atomic mass is 10.0. The molecule has 1 aliphatic heterocycles. The number of carbonyl (C=O) groups is 2. The number of fused-ring (bicyclic) bond motifs is 1. The van der Waals surface area contributed by atoms with Gasteiger partial charge in [-0.2, -0.15) is 0 Å². The fraction of sp³-hybridized carbons (Fsp3) is 0.0714. The van der Waals surface area contributed by atoms with E-state index >= 15 is 0 Å². The van der Waals surface area contributed by atoms with Crippen molar-refractivity contribution in [2.45, 2.75) is 13.8 Å². The zero-order valence-corrected chi connectivity index (χ0v) is 19.0. The molecule has 0 aromatic heterocycles. The molecule has 162 valence electrons. The Labute approximate surface area is 197 Å². The monoisotopic (exact) mass is 452 g/mol. The second-order valence-corrected chi connectivity index (χ2v) is 8.58. The Morgan fingerprint density at radius 3 is 2.27 bits per heavy atom. The Kier molecular flexibility index (Phi) is 5.23. The van der Waals surface area contributed by atoms with Crippen molar-refractivity contribution < 1.29 is 9.59 Å². The van der Waals surface area contributed by atoms with Crippen molar-refractivity contribution in [3.63, 3.8) is 0 Å². The average molecular weight is 453 g/mol. The standard InChI is InChI=1S/C28H21ClN2O2/c1-17-10-15-24(18(2)16-17)31-27(32)25(20-11-13-21(29)14-12-20)26(28(31)33)30-23-9-5-7-19-6-3-4-8-22(19)23/h3-16,30H,1-2H3. The van der Waals surface area contributed by atoms with Gasteiger partial charge in [0.1, 0.15) is 5.70 Å². The van der Waals surface area contributed by atoms with E-state index in [4.69, 9.17) is 11.6 Å². The van der Waals surface area contributed by atoms with Crippen LogP contribution >= 0.6 is 11.6 Å². The minimum Gasteiger partial charge on any atom is -0.350 e. The van der Waals surface area contributed by atoms with Gasteiger partial charge in [0, 0.05) is 16.1 Å². The molecule has 2 amide bonds. The number of nitrogens with zero attached hydrogens (tertiary/aromatic N) is 1. The molecule has 0 radical (unpaired) electrons. The van der Waals surface area contributed by atoms with Gasteiger partial charge in [-0.05, 0) is 54.6 Å². The number of benzene rings is 4. The largest absolute Gasteiger partial charge is 0.350 e. The van der Waals surface area contributed by atoms with Gasteiger partial charge in [0.15, 0.2) is 0 Å². The summed E-state index contributed by atoms with van der Waals surface area (Å²) in [6, 6.07) is 26.4. The zero-order chi connectivity index (χ0) is 23.1. The molecule has 0 unspecified atom stereocenters. The Morgan fingerprint density at radius 1 is 0.788 bits per heavy atom. The van der Waals surface area contributed by atoms with E-state index in [1.165, 1.54) is 4.90 Å². The maximum atomic E-state index is 13.7. The molecule has 0 bridgehead atoms. The third-order valence-electron chi connectivity index (χ3n) is 5.86. The predicted molar refractivity (Wildman–Crippen MR) is 134 cm³/mol. The molecule has 0 spiro atoms. The molecule has 0 saturated carbocycles. The number of rotatable bonds is 4. The molecule has 1 N–H and O–H groups in total. The van der Waals surface area contributed by atoms with E-state index in [1.807, 2.05) is 74.5 Å². The average Bonchev–Trinajstić information content (AvgIpc) is 3.04. The van der Waals surface area contributed by atoms with Crippen LogP contribution in [0.1, 0.15) is 16.7 Å². The molecule has 1 heterocycles. The van der Waals surface area contributed by atoms with Gasteiger partial charge in [-0.1, -0.05) is 77.8 Å². The van der Waals surface area contributed by atoms with Crippen molar-refractivity contribution in [2.75, 3.05) is 10.2 Å². The van der Waals surface area contributed by atoms with Crippen molar-refractivity contribution in [3.05, 3.63) is 112 Å². The number of hydrogen-bond acceptors (Lipinski definition) is 3. The highest BCUT2D eigenvalue weighted by molar-refractivity contribution is 6.46. The summed E-state index contributed by atoms with van der Waals surface area (Å²) in [5.41, 5.74) is 4.47. The molecule has 5 rings (SSSR count). The van der Waals surface area contributed by atoms with E-state index < -0.39 is 0 Å². The van der Waals surface area contributed by atoms with Gasteiger partial charge in [0.2, 0.25) is 0 Å². The molecule has 0 atom stereocenters. The van der Waals surface area contributed by atoms with Crippen LogP contribution in [0, 0.1) is 13.8 Å². The maximum Gasteiger partial charge on any atom is 0.282 e. The van der Waals surface area contributed by atoms with Gasteiger partial charge >= 0.3 is 0 Å². The second kappa shape index (κ2) is 8.23. The predicted octanol–water partition coefficient (Wildman–Crippen LogP) is 6.51. The highest BCUT2D eigenvalue weighted by Gasteiger charge is 2.40. The molecular weight excluding hydrogens is 432 g/mol. The van der Waals surface area contributed by atoms with Crippen LogP contribution in [0.15, 0.2) is 90.6 Å². The molecule has 4 aromatic carbocycles. The van der Waals surface area contributed by atoms with Crippen LogP contribution in [0.4, 0.5) is 11.4 Å². The van der Waals surface area contributed by atoms with Crippen molar-refractivity contribution in [1.29, 1.82) is 0 Å². The molecule has 4 aromatic rings. The summed E-state index contributed by atoms with van der Waals surface area (Å²) in [6.07, 6.45) is 0. The van der Waals surface area contributed by atoms with Crippen LogP contribution in [0.2, 0.25) is 5.02 Å².